The predicted octanol–water partition coefficient (Wildman–Crippen LogP) is 3.17. The Bertz CT molecular complexity index is 413. The zero-order chi connectivity index (χ0) is 13.5. The van der Waals surface area contributed by atoms with Crippen molar-refractivity contribution in [2.45, 2.75) is 33.6 Å². The van der Waals surface area contributed by atoms with Gasteiger partial charge in [-0.05, 0) is 20.3 Å². The SMILES string of the molecule is CCCCOc1cc(OCC)cc(O)c1C(C)=O. The average Bonchev–Trinajstić information content (AvgIpc) is 2.28. The lowest BCUT2D eigenvalue weighted by Crippen LogP contribution is -2.04. The maximum Gasteiger partial charge on any atom is 0.167 e. The van der Waals surface area contributed by atoms with Gasteiger partial charge < -0.3 is 14.6 Å². The molecule has 0 saturated carbocycles. The molecule has 0 radical (unpaired) electrons. The normalized spacial score (nSPS) is 10.2. The molecule has 0 fully saturated rings. The molecule has 1 rings (SSSR count). The van der Waals surface area contributed by atoms with Crippen LogP contribution < -0.4 is 9.47 Å². The Kier molecular flexibility index (Phi) is 5.49. The van der Waals surface area contributed by atoms with Crippen molar-refractivity contribution in [2.75, 3.05) is 13.2 Å². The lowest BCUT2D eigenvalue weighted by molar-refractivity contribution is 0.101. The zero-order valence-corrected chi connectivity index (χ0v) is 11.2. The van der Waals surface area contributed by atoms with E-state index in [-0.39, 0.29) is 17.1 Å². The van der Waals surface area contributed by atoms with Crippen LogP contribution in [0.2, 0.25) is 0 Å². The van der Waals surface area contributed by atoms with Crippen molar-refractivity contribution < 1.29 is 19.4 Å². The van der Waals surface area contributed by atoms with Gasteiger partial charge in [-0.25, -0.2) is 0 Å². The molecule has 4 heteroatoms. The van der Waals surface area contributed by atoms with E-state index in [1.54, 1.807) is 6.07 Å². The number of phenols is 1. The van der Waals surface area contributed by atoms with E-state index in [0.717, 1.165) is 12.8 Å². The van der Waals surface area contributed by atoms with Crippen LogP contribution in [0.15, 0.2) is 12.1 Å². The quantitative estimate of drug-likeness (QED) is 0.598. The van der Waals surface area contributed by atoms with E-state index in [9.17, 15) is 9.90 Å². The van der Waals surface area contributed by atoms with Crippen molar-refractivity contribution in [2.24, 2.45) is 0 Å². The molecule has 18 heavy (non-hydrogen) atoms. The van der Waals surface area contributed by atoms with E-state index >= 15 is 0 Å². The first kappa shape index (κ1) is 14.4. The molecule has 0 aliphatic rings. The molecular weight excluding hydrogens is 232 g/mol. The van der Waals surface area contributed by atoms with E-state index < -0.39 is 0 Å². The minimum absolute atomic E-state index is 0.0973. The number of carbonyl (C=O) groups is 1. The number of hydrogen-bond donors (Lipinski definition) is 1. The number of benzene rings is 1. The summed E-state index contributed by atoms with van der Waals surface area (Å²) in [7, 11) is 0. The van der Waals surface area contributed by atoms with Gasteiger partial charge in [-0.15, -0.1) is 0 Å². The van der Waals surface area contributed by atoms with Crippen LogP contribution >= 0.6 is 0 Å². The van der Waals surface area contributed by atoms with Gasteiger partial charge in [0.1, 0.15) is 22.8 Å². The molecule has 1 aromatic carbocycles. The highest BCUT2D eigenvalue weighted by Gasteiger charge is 2.16. The molecule has 0 aliphatic heterocycles. The summed E-state index contributed by atoms with van der Waals surface area (Å²) in [6.07, 6.45) is 1.91. The molecule has 1 aromatic rings. The molecule has 0 heterocycles. The number of Topliss-reactive ketones (excluding diaryl/α,β-unsaturated/α-hetero) is 1. The van der Waals surface area contributed by atoms with Gasteiger partial charge in [-0.2, -0.15) is 0 Å². The van der Waals surface area contributed by atoms with Gasteiger partial charge in [-0.3, -0.25) is 4.79 Å². The molecule has 0 spiro atoms. The summed E-state index contributed by atoms with van der Waals surface area (Å²) < 4.78 is 10.9. The number of carbonyl (C=O) groups excluding carboxylic acids is 1. The summed E-state index contributed by atoms with van der Waals surface area (Å²) in [4.78, 5) is 11.5. The van der Waals surface area contributed by atoms with Crippen molar-refractivity contribution in [3.8, 4) is 17.2 Å². The fourth-order valence-corrected chi connectivity index (χ4v) is 1.62. The highest BCUT2D eigenvalue weighted by molar-refractivity contribution is 5.99. The number of ketones is 1. The third kappa shape index (κ3) is 3.65. The second kappa shape index (κ2) is 6.89. The number of ether oxygens (including phenoxy) is 2. The van der Waals surface area contributed by atoms with E-state index in [2.05, 4.69) is 6.92 Å². The van der Waals surface area contributed by atoms with Crippen LogP contribution in [-0.2, 0) is 0 Å². The molecule has 0 unspecified atom stereocenters. The second-order valence-corrected chi connectivity index (χ2v) is 4.01. The lowest BCUT2D eigenvalue weighted by Gasteiger charge is -2.13. The number of hydrogen-bond acceptors (Lipinski definition) is 4. The van der Waals surface area contributed by atoms with E-state index in [0.29, 0.717) is 24.7 Å². The molecule has 0 aromatic heterocycles. The molecule has 0 atom stereocenters. The van der Waals surface area contributed by atoms with Gasteiger partial charge in [0, 0.05) is 12.1 Å². The first-order chi connectivity index (χ1) is 8.60. The van der Waals surface area contributed by atoms with Crippen molar-refractivity contribution in [1.82, 2.24) is 0 Å². The summed E-state index contributed by atoms with van der Waals surface area (Å²) >= 11 is 0. The Labute approximate surface area is 108 Å². The Balaban J connectivity index is 3.03. The van der Waals surface area contributed by atoms with E-state index in [4.69, 9.17) is 9.47 Å². The van der Waals surface area contributed by atoms with Crippen LogP contribution in [0.5, 0.6) is 17.2 Å². The Hall–Kier alpha value is -1.71. The highest BCUT2D eigenvalue weighted by Crippen LogP contribution is 2.34. The van der Waals surface area contributed by atoms with Crippen LogP contribution in [0, 0.1) is 0 Å². The number of aromatic hydroxyl groups is 1. The molecule has 0 saturated heterocycles. The third-order valence-electron chi connectivity index (χ3n) is 2.47. The minimum atomic E-state index is -0.220. The van der Waals surface area contributed by atoms with Crippen LogP contribution in [0.1, 0.15) is 44.0 Å². The molecule has 4 nitrogen and oxygen atoms in total. The lowest BCUT2D eigenvalue weighted by atomic mass is 10.1. The van der Waals surface area contributed by atoms with Crippen molar-refractivity contribution >= 4 is 5.78 Å². The van der Waals surface area contributed by atoms with Crippen LogP contribution in [-0.4, -0.2) is 24.1 Å². The van der Waals surface area contributed by atoms with Crippen molar-refractivity contribution in [1.29, 1.82) is 0 Å². The maximum atomic E-state index is 11.5. The number of unbranched alkanes of at least 4 members (excludes halogenated alkanes) is 1. The number of phenolic OH excluding ortho intramolecular Hbond substituents is 1. The first-order valence-electron chi connectivity index (χ1n) is 6.23. The second-order valence-electron chi connectivity index (χ2n) is 4.01. The standard InChI is InChI=1S/C14H20O4/c1-4-6-7-18-13-9-11(17-5-2)8-12(16)14(13)10(3)15/h8-9,16H,4-7H2,1-3H3. The van der Waals surface area contributed by atoms with Gasteiger partial charge in [0.15, 0.2) is 5.78 Å². The molecule has 0 aliphatic carbocycles. The minimum Gasteiger partial charge on any atom is -0.507 e. The smallest absolute Gasteiger partial charge is 0.167 e. The van der Waals surface area contributed by atoms with Gasteiger partial charge in [-0.1, -0.05) is 13.3 Å². The Morgan fingerprint density at radius 2 is 2.00 bits per heavy atom. The molecule has 0 bridgehead atoms. The number of rotatable bonds is 7. The first-order valence-corrected chi connectivity index (χ1v) is 6.23. The van der Waals surface area contributed by atoms with Crippen molar-refractivity contribution in [3.63, 3.8) is 0 Å². The monoisotopic (exact) mass is 252 g/mol. The van der Waals surface area contributed by atoms with Crippen LogP contribution in [0.3, 0.4) is 0 Å². The fourth-order valence-electron chi connectivity index (χ4n) is 1.62. The van der Waals surface area contributed by atoms with Crippen molar-refractivity contribution in [3.05, 3.63) is 17.7 Å². The summed E-state index contributed by atoms with van der Waals surface area (Å²) in [5, 5.41) is 9.84. The molecule has 100 valence electrons. The van der Waals surface area contributed by atoms with Gasteiger partial charge >= 0.3 is 0 Å². The zero-order valence-electron chi connectivity index (χ0n) is 11.2. The Morgan fingerprint density at radius 3 is 2.56 bits per heavy atom. The predicted molar refractivity (Wildman–Crippen MR) is 69.7 cm³/mol. The molecule has 0 amide bonds. The Morgan fingerprint density at radius 1 is 1.28 bits per heavy atom. The summed E-state index contributed by atoms with van der Waals surface area (Å²) in [5.41, 5.74) is 0.217. The van der Waals surface area contributed by atoms with Gasteiger partial charge in [0.2, 0.25) is 0 Å². The summed E-state index contributed by atoms with van der Waals surface area (Å²) in [6, 6.07) is 3.09. The maximum absolute atomic E-state index is 11.5. The largest absolute Gasteiger partial charge is 0.507 e. The van der Waals surface area contributed by atoms with E-state index in [1.807, 2.05) is 6.92 Å². The molecular formula is C14H20O4. The topological polar surface area (TPSA) is 55.8 Å². The van der Waals surface area contributed by atoms with Crippen LogP contribution in [0.4, 0.5) is 0 Å². The average molecular weight is 252 g/mol. The van der Waals surface area contributed by atoms with E-state index in [1.165, 1.54) is 13.0 Å². The fraction of sp³-hybridized carbons (Fsp3) is 0.500. The van der Waals surface area contributed by atoms with Gasteiger partial charge in [0.25, 0.3) is 0 Å². The summed E-state index contributed by atoms with van der Waals surface area (Å²) in [5.74, 6) is 0.577. The summed E-state index contributed by atoms with van der Waals surface area (Å²) in [6.45, 7) is 6.33. The van der Waals surface area contributed by atoms with Crippen LogP contribution in [0.25, 0.3) is 0 Å². The molecule has 1 N–H and O–H groups in total. The third-order valence-corrected chi connectivity index (χ3v) is 2.47. The highest BCUT2D eigenvalue weighted by atomic mass is 16.5. The van der Waals surface area contributed by atoms with Gasteiger partial charge in [0.05, 0.1) is 13.2 Å².